The van der Waals surface area contributed by atoms with Crippen molar-refractivity contribution in [1.29, 1.82) is 0 Å². The molecule has 0 unspecified atom stereocenters. The molecule has 1 aliphatic rings. The molecule has 0 bridgehead atoms. The molecule has 0 fully saturated rings. The zero-order valence-electron chi connectivity index (χ0n) is 14.5. The van der Waals surface area contributed by atoms with Crippen LogP contribution in [0.15, 0.2) is 65.5 Å². The molecular weight excluding hydrogens is 344 g/mol. The lowest BCUT2D eigenvalue weighted by molar-refractivity contribution is -0.117. The number of aryl methyl sites for hydroxylation is 1. The molecule has 0 aliphatic carbocycles. The summed E-state index contributed by atoms with van der Waals surface area (Å²) in [5.41, 5.74) is 3.23. The van der Waals surface area contributed by atoms with Crippen LogP contribution in [-0.2, 0) is 16.1 Å². The highest BCUT2D eigenvalue weighted by atomic mass is 16.5. The van der Waals surface area contributed by atoms with Crippen LogP contribution in [0.2, 0.25) is 0 Å². The molecule has 7 heteroatoms. The molecule has 0 saturated heterocycles. The van der Waals surface area contributed by atoms with Crippen LogP contribution in [-0.4, -0.2) is 22.0 Å². The van der Waals surface area contributed by atoms with E-state index >= 15 is 0 Å². The minimum atomic E-state index is -0.376. The quantitative estimate of drug-likeness (QED) is 0.723. The van der Waals surface area contributed by atoms with Crippen LogP contribution in [0.25, 0.3) is 5.57 Å². The summed E-state index contributed by atoms with van der Waals surface area (Å²) in [6, 6.07) is 12.6. The van der Waals surface area contributed by atoms with Gasteiger partial charge in [-0.3, -0.25) is 19.5 Å². The Morgan fingerprint density at radius 2 is 2.00 bits per heavy atom. The van der Waals surface area contributed by atoms with Crippen molar-refractivity contribution in [3.8, 4) is 0 Å². The van der Waals surface area contributed by atoms with Gasteiger partial charge in [-0.2, -0.15) is 0 Å². The van der Waals surface area contributed by atoms with Crippen molar-refractivity contribution in [2.75, 3.05) is 4.90 Å². The first kappa shape index (κ1) is 16.7. The zero-order chi connectivity index (χ0) is 18.8. The van der Waals surface area contributed by atoms with Crippen molar-refractivity contribution in [2.24, 2.45) is 0 Å². The first-order valence-corrected chi connectivity index (χ1v) is 8.39. The van der Waals surface area contributed by atoms with Crippen molar-refractivity contribution in [3.63, 3.8) is 0 Å². The van der Waals surface area contributed by atoms with E-state index in [2.05, 4.69) is 15.5 Å². The molecule has 3 aromatic rings. The van der Waals surface area contributed by atoms with Gasteiger partial charge in [-0.25, -0.2) is 0 Å². The lowest BCUT2D eigenvalue weighted by Gasteiger charge is -2.16. The van der Waals surface area contributed by atoms with Crippen molar-refractivity contribution in [1.82, 2.24) is 15.5 Å². The predicted octanol–water partition coefficient (Wildman–Crippen LogP) is 2.76. The Morgan fingerprint density at radius 3 is 2.74 bits per heavy atom. The van der Waals surface area contributed by atoms with Crippen molar-refractivity contribution >= 4 is 28.8 Å². The molecule has 0 radical (unpaired) electrons. The van der Waals surface area contributed by atoms with Gasteiger partial charge in [0.25, 0.3) is 5.91 Å². The third-order valence-electron chi connectivity index (χ3n) is 4.18. The number of fused-ring (bicyclic) bond motifs is 1. The molecule has 1 aliphatic heterocycles. The summed E-state index contributed by atoms with van der Waals surface area (Å²) in [5.74, 6) is -0.0809. The smallest absolute Gasteiger partial charge is 0.263 e. The number of nitrogens with one attached hydrogen (secondary N) is 1. The van der Waals surface area contributed by atoms with E-state index in [-0.39, 0.29) is 18.4 Å². The second kappa shape index (κ2) is 6.87. The van der Waals surface area contributed by atoms with E-state index < -0.39 is 0 Å². The van der Waals surface area contributed by atoms with E-state index in [1.807, 2.05) is 24.3 Å². The van der Waals surface area contributed by atoms with E-state index in [0.29, 0.717) is 22.6 Å². The molecule has 7 nitrogen and oxygen atoms in total. The topological polar surface area (TPSA) is 88.3 Å². The van der Waals surface area contributed by atoms with Crippen LogP contribution in [0.1, 0.15) is 17.0 Å². The maximum Gasteiger partial charge on any atom is 0.263 e. The Labute approximate surface area is 155 Å². The van der Waals surface area contributed by atoms with Crippen molar-refractivity contribution in [2.45, 2.75) is 13.5 Å². The molecule has 1 N–H and O–H groups in total. The molecule has 2 aromatic heterocycles. The van der Waals surface area contributed by atoms with Gasteiger partial charge in [0.05, 0.1) is 29.2 Å². The van der Waals surface area contributed by atoms with Crippen LogP contribution in [0.3, 0.4) is 0 Å². The SMILES string of the molecule is Cc1cc(CNC(=O)/C=C2/C(=O)N(c3ccncc3)c3ccccc32)on1. The summed E-state index contributed by atoms with van der Waals surface area (Å²) in [6.45, 7) is 2.01. The van der Waals surface area contributed by atoms with Gasteiger partial charge in [-0.1, -0.05) is 23.4 Å². The molecule has 3 heterocycles. The van der Waals surface area contributed by atoms with E-state index in [4.69, 9.17) is 4.52 Å². The van der Waals surface area contributed by atoms with Crippen LogP contribution < -0.4 is 10.2 Å². The predicted molar refractivity (Wildman–Crippen MR) is 98.9 cm³/mol. The standard InChI is InChI=1S/C20H16N4O3/c1-13-10-15(27-23-13)12-22-19(25)11-17-16-4-2-3-5-18(16)24(20(17)26)14-6-8-21-9-7-14/h2-11H,12H2,1H3,(H,22,25)/b17-11+. The third kappa shape index (κ3) is 3.22. The first-order chi connectivity index (χ1) is 13.1. The van der Waals surface area contributed by atoms with Gasteiger partial charge in [-0.15, -0.1) is 0 Å². The molecule has 2 amide bonds. The van der Waals surface area contributed by atoms with Gasteiger partial charge in [0, 0.05) is 30.1 Å². The number of hydrogen-bond acceptors (Lipinski definition) is 5. The fraction of sp³-hybridized carbons (Fsp3) is 0.100. The summed E-state index contributed by atoms with van der Waals surface area (Å²) < 4.78 is 5.07. The Kier molecular flexibility index (Phi) is 4.25. The Bertz CT molecular complexity index is 1040. The first-order valence-electron chi connectivity index (χ1n) is 8.39. The van der Waals surface area contributed by atoms with Crippen molar-refractivity contribution < 1.29 is 14.1 Å². The zero-order valence-corrected chi connectivity index (χ0v) is 14.5. The molecule has 0 atom stereocenters. The fourth-order valence-electron chi connectivity index (χ4n) is 2.99. The largest absolute Gasteiger partial charge is 0.359 e. The third-order valence-corrected chi connectivity index (χ3v) is 4.18. The number of aromatic nitrogens is 2. The number of para-hydroxylation sites is 1. The second-order valence-corrected chi connectivity index (χ2v) is 6.07. The highest BCUT2D eigenvalue weighted by molar-refractivity contribution is 6.37. The molecular formula is C20H16N4O3. The number of anilines is 2. The number of hydrogen-bond donors (Lipinski definition) is 1. The van der Waals surface area contributed by atoms with Gasteiger partial charge in [0.1, 0.15) is 0 Å². The lowest BCUT2D eigenvalue weighted by atomic mass is 10.1. The maximum atomic E-state index is 13.0. The summed E-state index contributed by atoms with van der Waals surface area (Å²) in [7, 11) is 0. The van der Waals surface area contributed by atoms with Gasteiger partial charge in [0.2, 0.25) is 5.91 Å². The van der Waals surface area contributed by atoms with E-state index in [0.717, 1.165) is 11.4 Å². The number of rotatable bonds is 4. The Morgan fingerprint density at radius 1 is 1.22 bits per heavy atom. The maximum absolute atomic E-state index is 13.0. The van der Waals surface area contributed by atoms with Crippen LogP contribution >= 0.6 is 0 Å². The Hall–Kier alpha value is -3.74. The minimum Gasteiger partial charge on any atom is -0.359 e. The normalized spacial score (nSPS) is 14.5. The Balaban J connectivity index is 1.61. The van der Waals surface area contributed by atoms with Gasteiger partial charge >= 0.3 is 0 Å². The average molecular weight is 360 g/mol. The van der Waals surface area contributed by atoms with Gasteiger partial charge < -0.3 is 9.84 Å². The number of carbonyl (C=O) groups is 2. The second-order valence-electron chi connectivity index (χ2n) is 6.07. The lowest BCUT2D eigenvalue weighted by Crippen LogP contribution is -2.23. The number of nitrogens with zero attached hydrogens (tertiary/aromatic N) is 3. The van der Waals surface area contributed by atoms with Crippen LogP contribution in [0.4, 0.5) is 11.4 Å². The van der Waals surface area contributed by atoms with Crippen molar-refractivity contribution in [3.05, 3.63) is 78.0 Å². The molecule has 4 rings (SSSR count). The van der Waals surface area contributed by atoms with E-state index in [9.17, 15) is 9.59 Å². The number of amides is 2. The molecule has 0 spiro atoms. The molecule has 1 aromatic carbocycles. The van der Waals surface area contributed by atoms with E-state index in [1.165, 1.54) is 6.08 Å². The number of carbonyl (C=O) groups excluding carboxylic acids is 2. The van der Waals surface area contributed by atoms with Gasteiger partial charge in [0.15, 0.2) is 5.76 Å². The number of benzene rings is 1. The van der Waals surface area contributed by atoms with E-state index in [1.54, 1.807) is 42.4 Å². The summed E-state index contributed by atoms with van der Waals surface area (Å²) in [6.07, 6.45) is 4.57. The summed E-state index contributed by atoms with van der Waals surface area (Å²) in [4.78, 5) is 30.9. The monoisotopic (exact) mass is 360 g/mol. The summed E-state index contributed by atoms with van der Waals surface area (Å²) >= 11 is 0. The average Bonchev–Trinajstić information content (AvgIpc) is 3.22. The summed E-state index contributed by atoms with van der Waals surface area (Å²) in [5, 5.41) is 6.49. The van der Waals surface area contributed by atoms with Crippen LogP contribution in [0, 0.1) is 6.92 Å². The molecule has 0 saturated carbocycles. The minimum absolute atomic E-state index is 0.202. The fourth-order valence-corrected chi connectivity index (χ4v) is 2.99. The molecule has 134 valence electrons. The number of pyridine rings is 1. The highest BCUT2D eigenvalue weighted by Gasteiger charge is 2.33. The highest BCUT2D eigenvalue weighted by Crippen LogP contribution is 2.40. The molecule has 27 heavy (non-hydrogen) atoms. The van der Waals surface area contributed by atoms with Gasteiger partial charge in [-0.05, 0) is 25.1 Å². The van der Waals surface area contributed by atoms with Crippen LogP contribution in [0.5, 0.6) is 0 Å².